The Hall–Kier alpha value is -2.58. The van der Waals surface area contributed by atoms with Crippen molar-refractivity contribution >= 4 is 39.3 Å². The zero-order chi connectivity index (χ0) is 29.7. The van der Waals surface area contributed by atoms with Gasteiger partial charge < -0.3 is 20.1 Å². The van der Waals surface area contributed by atoms with Crippen LogP contribution in [0.2, 0.25) is 5.02 Å². The molecule has 3 aliphatic rings. The SMILES string of the molecule is CC1=CC(Nc2ncc(Cl)c(Nc3ccc(CNS(=O)(=O)NC4CC4)cc3C)n2)C=CC1(C)OCCN1CCOCC1. The van der Waals surface area contributed by atoms with E-state index in [1.807, 2.05) is 25.1 Å². The van der Waals surface area contributed by atoms with E-state index in [1.165, 1.54) is 0 Å². The normalized spacial score (nSPS) is 23.0. The summed E-state index contributed by atoms with van der Waals surface area (Å²) in [5.74, 6) is 0.903. The maximum absolute atomic E-state index is 12.1. The molecule has 0 spiro atoms. The van der Waals surface area contributed by atoms with Gasteiger partial charge in [-0.2, -0.15) is 22.8 Å². The van der Waals surface area contributed by atoms with Gasteiger partial charge in [0, 0.05) is 37.9 Å². The highest BCUT2D eigenvalue weighted by atomic mass is 35.5. The van der Waals surface area contributed by atoms with Crippen LogP contribution in [0.5, 0.6) is 0 Å². The van der Waals surface area contributed by atoms with E-state index in [1.54, 1.807) is 6.20 Å². The van der Waals surface area contributed by atoms with Gasteiger partial charge in [-0.25, -0.2) is 4.98 Å². The van der Waals surface area contributed by atoms with Gasteiger partial charge in [0.1, 0.15) is 10.6 Å². The number of hydrogen-bond donors (Lipinski definition) is 4. The van der Waals surface area contributed by atoms with Crippen LogP contribution in [0.1, 0.15) is 37.8 Å². The first-order valence-electron chi connectivity index (χ1n) is 14.3. The van der Waals surface area contributed by atoms with Crippen LogP contribution < -0.4 is 20.1 Å². The van der Waals surface area contributed by atoms with Crippen molar-refractivity contribution in [2.45, 2.75) is 57.8 Å². The third kappa shape index (κ3) is 8.50. The first-order chi connectivity index (χ1) is 20.1. The predicted molar refractivity (Wildman–Crippen MR) is 165 cm³/mol. The van der Waals surface area contributed by atoms with Crippen LogP contribution in [0, 0.1) is 6.92 Å². The van der Waals surface area contributed by atoms with Gasteiger partial charge in [-0.1, -0.05) is 42.0 Å². The summed E-state index contributed by atoms with van der Waals surface area (Å²) in [5.41, 5.74) is 3.22. The second kappa shape index (κ2) is 13.4. The number of halogens is 1. The lowest BCUT2D eigenvalue weighted by Gasteiger charge is -2.34. The van der Waals surface area contributed by atoms with Crippen molar-refractivity contribution in [3.63, 3.8) is 0 Å². The van der Waals surface area contributed by atoms with Crippen LogP contribution in [0.4, 0.5) is 17.5 Å². The Morgan fingerprint density at radius 1 is 1.21 bits per heavy atom. The third-order valence-corrected chi connectivity index (χ3v) is 9.14. The highest BCUT2D eigenvalue weighted by Crippen LogP contribution is 2.30. The van der Waals surface area contributed by atoms with Crippen LogP contribution >= 0.6 is 11.6 Å². The summed E-state index contributed by atoms with van der Waals surface area (Å²) in [6.45, 7) is 11.3. The largest absolute Gasteiger partial charge is 0.379 e. The second-order valence-corrected chi connectivity index (χ2v) is 13.1. The monoisotopic (exact) mass is 617 g/mol. The number of aryl methyl sites for hydroxylation is 1. The van der Waals surface area contributed by atoms with E-state index in [0.717, 1.165) is 68.1 Å². The number of aromatic nitrogens is 2. The number of morpholine rings is 1. The van der Waals surface area contributed by atoms with E-state index in [2.05, 4.69) is 67.0 Å². The molecule has 2 unspecified atom stereocenters. The smallest absolute Gasteiger partial charge is 0.277 e. The van der Waals surface area contributed by atoms with E-state index >= 15 is 0 Å². The molecule has 13 heteroatoms. The summed E-state index contributed by atoms with van der Waals surface area (Å²) >= 11 is 6.43. The zero-order valence-corrected chi connectivity index (χ0v) is 25.9. The van der Waals surface area contributed by atoms with Crippen LogP contribution in [0.3, 0.4) is 0 Å². The Kier molecular flexibility index (Phi) is 9.83. The van der Waals surface area contributed by atoms with E-state index in [-0.39, 0.29) is 18.6 Å². The Morgan fingerprint density at radius 2 is 2.00 bits per heavy atom. The highest BCUT2D eigenvalue weighted by molar-refractivity contribution is 7.87. The van der Waals surface area contributed by atoms with Crippen molar-refractivity contribution in [3.8, 4) is 0 Å². The molecule has 1 aromatic heterocycles. The molecule has 0 radical (unpaired) electrons. The molecule has 42 heavy (non-hydrogen) atoms. The second-order valence-electron chi connectivity index (χ2n) is 11.2. The molecule has 11 nitrogen and oxygen atoms in total. The fourth-order valence-electron chi connectivity index (χ4n) is 4.79. The molecular weight excluding hydrogens is 578 g/mol. The molecule has 2 aromatic rings. The molecule has 1 saturated carbocycles. The summed E-state index contributed by atoms with van der Waals surface area (Å²) < 4.78 is 41.2. The Bertz CT molecular complexity index is 1430. The van der Waals surface area contributed by atoms with Crippen molar-refractivity contribution in [2.24, 2.45) is 0 Å². The van der Waals surface area contributed by atoms with Gasteiger partial charge in [-0.15, -0.1) is 0 Å². The Labute approximate surface area is 253 Å². The van der Waals surface area contributed by atoms with Crippen molar-refractivity contribution in [1.82, 2.24) is 24.3 Å². The number of benzene rings is 1. The first kappa shape index (κ1) is 30.9. The molecule has 0 bridgehead atoms. The van der Waals surface area contributed by atoms with E-state index in [0.29, 0.717) is 23.4 Å². The number of nitrogens with zero attached hydrogens (tertiary/aromatic N) is 3. The maximum Gasteiger partial charge on any atom is 0.277 e. The molecule has 2 heterocycles. The minimum Gasteiger partial charge on any atom is -0.379 e. The number of ether oxygens (including phenoxy) is 2. The van der Waals surface area contributed by atoms with Gasteiger partial charge in [-0.3, -0.25) is 4.90 Å². The van der Waals surface area contributed by atoms with Crippen molar-refractivity contribution in [1.29, 1.82) is 0 Å². The molecule has 4 N–H and O–H groups in total. The van der Waals surface area contributed by atoms with Crippen LogP contribution in [-0.2, 0) is 26.2 Å². The van der Waals surface area contributed by atoms with E-state index in [9.17, 15) is 8.42 Å². The quantitative estimate of drug-likeness (QED) is 0.249. The average Bonchev–Trinajstić information content (AvgIpc) is 3.77. The van der Waals surface area contributed by atoms with Crippen LogP contribution in [0.15, 0.2) is 48.2 Å². The Morgan fingerprint density at radius 3 is 2.71 bits per heavy atom. The van der Waals surface area contributed by atoms with E-state index in [4.69, 9.17) is 21.1 Å². The van der Waals surface area contributed by atoms with Crippen LogP contribution in [-0.4, -0.2) is 80.4 Å². The van der Waals surface area contributed by atoms with Crippen molar-refractivity contribution in [3.05, 3.63) is 64.3 Å². The molecule has 1 aromatic carbocycles. The molecular formula is C29H40ClN7O4S. The lowest BCUT2D eigenvalue weighted by molar-refractivity contribution is -0.00844. The predicted octanol–water partition coefficient (Wildman–Crippen LogP) is 3.67. The topological polar surface area (TPSA) is 130 Å². The van der Waals surface area contributed by atoms with Crippen LogP contribution in [0.25, 0.3) is 0 Å². The van der Waals surface area contributed by atoms with Crippen molar-refractivity contribution in [2.75, 3.05) is 50.1 Å². The fraction of sp³-hybridized carbons (Fsp3) is 0.517. The molecule has 0 amide bonds. The summed E-state index contributed by atoms with van der Waals surface area (Å²) in [6.07, 6.45) is 9.61. The molecule has 228 valence electrons. The van der Waals surface area contributed by atoms with Gasteiger partial charge >= 0.3 is 0 Å². The average molecular weight is 618 g/mol. The molecule has 5 rings (SSSR count). The van der Waals surface area contributed by atoms with Gasteiger partial charge in [0.05, 0.1) is 32.1 Å². The van der Waals surface area contributed by atoms with E-state index < -0.39 is 15.8 Å². The zero-order valence-electron chi connectivity index (χ0n) is 24.3. The first-order valence-corrected chi connectivity index (χ1v) is 16.2. The lowest BCUT2D eigenvalue weighted by Crippen LogP contribution is -2.40. The van der Waals surface area contributed by atoms with Crippen molar-refractivity contribution < 1.29 is 17.9 Å². The molecule has 1 saturated heterocycles. The summed E-state index contributed by atoms with van der Waals surface area (Å²) in [6, 6.07) is 5.63. The molecule has 2 atom stereocenters. The summed E-state index contributed by atoms with van der Waals surface area (Å²) in [4.78, 5) is 11.3. The molecule has 2 aliphatic carbocycles. The van der Waals surface area contributed by atoms with Gasteiger partial charge in [0.25, 0.3) is 10.2 Å². The standard InChI is InChI=1S/C29H40ClN7O4S/c1-20-16-22(18-32-42(38,39)36-23-5-6-23)4-7-26(20)34-27-25(30)19-31-28(35-27)33-24-8-9-29(3,21(2)17-24)41-15-12-37-10-13-40-14-11-37/h4,7-9,16-17,19,23-24,32,36H,5-6,10-15,18H2,1-3H3,(H2,31,33,34,35). The number of hydrogen-bond acceptors (Lipinski definition) is 9. The van der Waals surface area contributed by atoms with Gasteiger partial charge in [0.15, 0.2) is 5.82 Å². The Balaban J connectivity index is 1.16. The summed E-state index contributed by atoms with van der Waals surface area (Å²) in [5, 5.41) is 7.02. The van der Waals surface area contributed by atoms with Gasteiger partial charge in [0.2, 0.25) is 5.95 Å². The third-order valence-electron chi connectivity index (χ3n) is 7.70. The highest BCUT2D eigenvalue weighted by Gasteiger charge is 2.29. The number of rotatable bonds is 13. The molecule has 1 aliphatic heterocycles. The lowest BCUT2D eigenvalue weighted by atomic mass is 9.89. The fourth-order valence-corrected chi connectivity index (χ4v) is 6.04. The number of nitrogens with one attached hydrogen (secondary N) is 4. The maximum atomic E-state index is 12.1. The van der Waals surface area contributed by atoms with Gasteiger partial charge in [-0.05, 0) is 56.4 Å². The minimum atomic E-state index is -3.51. The molecule has 2 fully saturated rings. The summed E-state index contributed by atoms with van der Waals surface area (Å²) in [7, 11) is -3.51. The minimum absolute atomic E-state index is 0.0620. The number of anilines is 3.